The smallest absolute Gasteiger partial charge is 0.271 e. The molecule has 100 valence electrons. The van der Waals surface area contributed by atoms with Crippen molar-refractivity contribution in [2.75, 3.05) is 5.73 Å². The molecule has 0 aliphatic heterocycles. The second-order valence-corrected chi connectivity index (χ2v) is 4.32. The fourth-order valence-corrected chi connectivity index (χ4v) is 1.64. The summed E-state index contributed by atoms with van der Waals surface area (Å²) < 4.78 is 5.24. The Labute approximate surface area is 111 Å². The van der Waals surface area contributed by atoms with E-state index in [0.29, 0.717) is 5.82 Å². The molecular formula is C13H16N4O2. The Morgan fingerprint density at radius 2 is 2.32 bits per heavy atom. The molecule has 1 amide bonds. The van der Waals surface area contributed by atoms with Gasteiger partial charge in [-0.2, -0.15) is 0 Å². The van der Waals surface area contributed by atoms with Crippen LogP contribution in [-0.4, -0.2) is 21.9 Å². The number of carbonyl (C=O) groups is 1. The second-order valence-electron chi connectivity index (χ2n) is 4.32. The van der Waals surface area contributed by atoms with Crippen molar-refractivity contribution < 1.29 is 9.21 Å². The lowest BCUT2D eigenvalue weighted by Gasteiger charge is -2.12. The van der Waals surface area contributed by atoms with Crippen molar-refractivity contribution in [3.63, 3.8) is 0 Å². The molecule has 2 rings (SSSR count). The first kappa shape index (κ1) is 13.1. The third-order valence-electron chi connectivity index (χ3n) is 2.69. The molecule has 6 nitrogen and oxygen atoms in total. The van der Waals surface area contributed by atoms with E-state index in [-0.39, 0.29) is 17.6 Å². The number of nitrogens with zero attached hydrogens (tertiary/aromatic N) is 2. The minimum atomic E-state index is -0.251. The number of nitrogens with two attached hydrogens (primary N) is 1. The molecule has 0 aliphatic rings. The van der Waals surface area contributed by atoms with E-state index < -0.39 is 0 Å². The van der Waals surface area contributed by atoms with E-state index in [1.807, 2.05) is 19.1 Å². The van der Waals surface area contributed by atoms with Gasteiger partial charge in [0.15, 0.2) is 0 Å². The van der Waals surface area contributed by atoms with Crippen LogP contribution in [-0.2, 0) is 6.42 Å². The molecule has 0 aromatic carbocycles. The molecule has 0 radical (unpaired) electrons. The van der Waals surface area contributed by atoms with Gasteiger partial charge in [0.2, 0.25) is 0 Å². The zero-order chi connectivity index (χ0) is 13.7. The molecule has 2 aromatic rings. The second kappa shape index (κ2) is 5.99. The van der Waals surface area contributed by atoms with E-state index in [2.05, 4.69) is 15.3 Å². The highest BCUT2D eigenvalue weighted by molar-refractivity contribution is 5.92. The standard InChI is InChI=1S/C13H16N4O2/c1-9(4-5-10-3-2-6-19-10)17-13(18)11-7-16-12(14)8-15-11/h2-3,6-9H,4-5H2,1H3,(H2,14,16)(H,17,18). The Bertz CT molecular complexity index is 522. The highest BCUT2D eigenvalue weighted by atomic mass is 16.3. The number of nitrogen functional groups attached to an aromatic ring is 1. The van der Waals surface area contributed by atoms with Crippen molar-refractivity contribution in [2.45, 2.75) is 25.8 Å². The molecule has 0 fully saturated rings. The summed E-state index contributed by atoms with van der Waals surface area (Å²) in [6.45, 7) is 1.94. The van der Waals surface area contributed by atoms with Gasteiger partial charge in [0.25, 0.3) is 5.91 Å². The number of hydrogen-bond acceptors (Lipinski definition) is 5. The number of rotatable bonds is 5. The Balaban J connectivity index is 1.83. The third kappa shape index (κ3) is 3.80. The first-order chi connectivity index (χ1) is 9.15. The van der Waals surface area contributed by atoms with Crippen LogP contribution in [0.2, 0.25) is 0 Å². The lowest BCUT2D eigenvalue weighted by atomic mass is 10.1. The van der Waals surface area contributed by atoms with E-state index in [1.165, 1.54) is 12.4 Å². The molecule has 2 heterocycles. The van der Waals surface area contributed by atoms with Crippen molar-refractivity contribution in [3.05, 3.63) is 42.2 Å². The van der Waals surface area contributed by atoms with Crippen molar-refractivity contribution >= 4 is 11.7 Å². The molecule has 0 bridgehead atoms. The van der Waals surface area contributed by atoms with Crippen LogP contribution in [0.15, 0.2) is 35.2 Å². The monoisotopic (exact) mass is 260 g/mol. The van der Waals surface area contributed by atoms with Gasteiger partial charge in [0, 0.05) is 12.5 Å². The van der Waals surface area contributed by atoms with Gasteiger partial charge in [-0.1, -0.05) is 0 Å². The number of furan rings is 1. The van der Waals surface area contributed by atoms with Gasteiger partial charge in [-0.15, -0.1) is 0 Å². The van der Waals surface area contributed by atoms with Gasteiger partial charge in [-0.05, 0) is 25.5 Å². The first-order valence-electron chi connectivity index (χ1n) is 6.06. The molecule has 0 saturated heterocycles. The summed E-state index contributed by atoms with van der Waals surface area (Å²) in [6.07, 6.45) is 5.94. The van der Waals surface area contributed by atoms with Crippen LogP contribution in [0.1, 0.15) is 29.6 Å². The summed E-state index contributed by atoms with van der Waals surface area (Å²) in [5.74, 6) is 0.954. The van der Waals surface area contributed by atoms with Crippen LogP contribution in [0.5, 0.6) is 0 Å². The molecule has 0 aliphatic carbocycles. The zero-order valence-electron chi connectivity index (χ0n) is 10.7. The average molecular weight is 260 g/mol. The molecule has 3 N–H and O–H groups in total. The van der Waals surface area contributed by atoms with Gasteiger partial charge >= 0.3 is 0 Å². The number of nitrogens with one attached hydrogen (secondary N) is 1. The lowest BCUT2D eigenvalue weighted by Crippen LogP contribution is -2.33. The minimum Gasteiger partial charge on any atom is -0.469 e. The van der Waals surface area contributed by atoms with Crippen LogP contribution < -0.4 is 11.1 Å². The summed E-state index contributed by atoms with van der Waals surface area (Å²) in [4.78, 5) is 19.6. The fourth-order valence-electron chi connectivity index (χ4n) is 1.64. The molecule has 19 heavy (non-hydrogen) atoms. The van der Waals surface area contributed by atoms with Crippen molar-refractivity contribution in [1.29, 1.82) is 0 Å². The summed E-state index contributed by atoms with van der Waals surface area (Å²) >= 11 is 0. The van der Waals surface area contributed by atoms with Gasteiger partial charge in [-0.25, -0.2) is 9.97 Å². The Kier molecular flexibility index (Phi) is 4.12. The van der Waals surface area contributed by atoms with E-state index in [1.54, 1.807) is 6.26 Å². The van der Waals surface area contributed by atoms with Crippen LogP contribution in [0, 0.1) is 0 Å². The molecule has 0 spiro atoms. The predicted molar refractivity (Wildman–Crippen MR) is 70.4 cm³/mol. The van der Waals surface area contributed by atoms with E-state index in [4.69, 9.17) is 10.2 Å². The Hall–Kier alpha value is -2.37. The summed E-state index contributed by atoms with van der Waals surface area (Å²) in [6, 6.07) is 3.79. The van der Waals surface area contributed by atoms with Gasteiger partial charge < -0.3 is 15.5 Å². The largest absolute Gasteiger partial charge is 0.469 e. The van der Waals surface area contributed by atoms with E-state index in [9.17, 15) is 4.79 Å². The van der Waals surface area contributed by atoms with Crippen LogP contribution >= 0.6 is 0 Å². The quantitative estimate of drug-likeness (QED) is 0.847. The van der Waals surface area contributed by atoms with Gasteiger partial charge in [-0.3, -0.25) is 4.79 Å². The number of aryl methyl sites for hydroxylation is 1. The van der Waals surface area contributed by atoms with Crippen LogP contribution in [0.4, 0.5) is 5.82 Å². The molecular weight excluding hydrogens is 244 g/mol. The topological polar surface area (TPSA) is 94.0 Å². The van der Waals surface area contributed by atoms with Gasteiger partial charge in [0.05, 0.1) is 18.7 Å². The number of hydrogen-bond donors (Lipinski definition) is 2. The van der Waals surface area contributed by atoms with Crippen LogP contribution in [0.25, 0.3) is 0 Å². The number of carbonyl (C=O) groups excluding carboxylic acids is 1. The Morgan fingerprint density at radius 3 is 2.95 bits per heavy atom. The average Bonchev–Trinajstić information content (AvgIpc) is 2.90. The Morgan fingerprint density at radius 1 is 1.47 bits per heavy atom. The lowest BCUT2D eigenvalue weighted by molar-refractivity contribution is 0.0932. The van der Waals surface area contributed by atoms with Crippen molar-refractivity contribution in [1.82, 2.24) is 15.3 Å². The van der Waals surface area contributed by atoms with Crippen molar-refractivity contribution in [3.8, 4) is 0 Å². The SMILES string of the molecule is CC(CCc1ccco1)NC(=O)c1cnc(N)cn1. The maximum Gasteiger partial charge on any atom is 0.271 e. The highest BCUT2D eigenvalue weighted by Crippen LogP contribution is 2.06. The van der Waals surface area contributed by atoms with Gasteiger partial charge in [0.1, 0.15) is 17.3 Å². The molecule has 1 atom stereocenters. The number of aromatic nitrogens is 2. The number of amides is 1. The third-order valence-corrected chi connectivity index (χ3v) is 2.69. The summed E-state index contributed by atoms with van der Waals surface area (Å²) in [5, 5.41) is 2.85. The summed E-state index contributed by atoms with van der Waals surface area (Å²) in [7, 11) is 0. The van der Waals surface area contributed by atoms with E-state index in [0.717, 1.165) is 18.6 Å². The number of anilines is 1. The summed E-state index contributed by atoms with van der Waals surface area (Å²) in [5.41, 5.74) is 5.68. The fraction of sp³-hybridized carbons (Fsp3) is 0.308. The predicted octanol–water partition coefficient (Wildman–Crippen LogP) is 1.40. The highest BCUT2D eigenvalue weighted by Gasteiger charge is 2.11. The molecule has 6 heteroatoms. The first-order valence-corrected chi connectivity index (χ1v) is 6.06. The molecule has 2 aromatic heterocycles. The zero-order valence-corrected chi connectivity index (χ0v) is 10.7. The van der Waals surface area contributed by atoms with Crippen LogP contribution in [0.3, 0.4) is 0 Å². The van der Waals surface area contributed by atoms with Crippen molar-refractivity contribution in [2.24, 2.45) is 0 Å². The molecule has 1 unspecified atom stereocenters. The normalized spacial score (nSPS) is 12.1. The van der Waals surface area contributed by atoms with E-state index >= 15 is 0 Å². The maximum atomic E-state index is 11.8. The molecule has 0 saturated carbocycles. The minimum absolute atomic E-state index is 0.0250. The maximum absolute atomic E-state index is 11.8.